The lowest BCUT2D eigenvalue weighted by Crippen LogP contribution is -2.43. The van der Waals surface area contributed by atoms with E-state index in [0.717, 1.165) is 36.9 Å². The van der Waals surface area contributed by atoms with Crippen molar-refractivity contribution in [1.82, 2.24) is 14.6 Å². The fourth-order valence-corrected chi connectivity index (χ4v) is 2.63. The van der Waals surface area contributed by atoms with Crippen molar-refractivity contribution in [2.45, 2.75) is 51.4 Å². The maximum atomic E-state index is 13.1. The smallest absolute Gasteiger partial charge is 0.308 e. The minimum absolute atomic E-state index is 0.0185. The molecule has 0 aliphatic heterocycles. The maximum absolute atomic E-state index is 13.1. The van der Waals surface area contributed by atoms with Gasteiger partial charge in [0, 0.05) is 5.92 Å². The minimum atomic E-state index is -4.80. The van der Waals surface area contributed by atoms with Crippen molar-refractivity contribution in [3.8, 4) is 0 Å². The Morgan fingerprint density at radius 2 is 1.78 bits per heavy atom. The number of amides is 1. The summed E-state index contributed by atoms with van der Waals surface area (Å²) in [5, 5.41) is 5.69. The van der Waals surface area contributed by atoms with Crippen molar-refractivity contribution in [3.63, 3.8) is 0 Å². The number of fused-ring (bicyclic) bond motifs is 1. The largest absolute Gasteiger partial charge is 0.435 e. The van der Waals surface area contributed by atoms with Gasteiger partial charge in [-0.2, -0.15) is 31.4 Å². The molecule has 2 aromatic heterocycles. The highest BCUT2D eigenvalue weighted by atomic mass is 19.4. The Morgan fingerprint density at radius 1 is 1.15 bits per heavy atom. The summed E-state index contributed by atoms with van der Waals surface area (Å²) in [6.07, 6.45) is -7.42. The van der Waals surface area contributed by atoms with Gasteiger partial charge >= 0.3 is 12.4 Å². The van der Waals surface area contributed by atoms with E-state index in [9.17, 15) is 31.1 Å². The summed E-state index contributed by atoms with van der Waals surface area (Å²) >= 11 is 0. The van der Waals surface area contributed by atoms with E-state index in [-0.39, 0.29) is 23.1 Å². The number of alkyl halides is 6. The summed E-state index contributed by atoms with van der Waals surface area (Å²) in [6, 6.07) is 1.81. The predicted molar refractivity (Wildman–Crippen MR) is 83.0 cm³/mol. The third-order valence-electron chi connectivity index (χ3n) is 4.80. The number of hydrogen-bond donors (Lipinski definition) is 1. The normalized spacial score (nSPS) is 16.4. The Bertz CT molecular complexity index is 879. The number of hydrogen-bond acceptors (Lipinski definition) is 3. The quantitative estimate of drug-likeness (QED) is 0.778. The van der Waals surface area contributed by atoms with E-state index >= 15 is 0 Å². The van der Waals surface area contributed by atoms with E-state index in [1.807, 2.05) is 0 Å². The van der Waals surface area contributed by atoms with Crippen LogP contribution in [0.4, 0.5) is 32.2 Å². The molecule has 1 aliphatic rings. The minimum Gasteiger partial charge on any atom is -0.308 e. The lowest BCUT2D eigenvalue weighted by molar-refractivity contribution is -0.208. The SMILES string of the molecule is CC(C)(C(=O)Nc1nc2ccc(C(F)(F)F)nn2c1C1CCC1)C(F)(F)F. The molecule has 0 saturated heterocycles. The van der Waals surface area contributed by atoms with Crippen molar-refractivity contribution in [3.05, 3.63) is 23.5 Å². The van der Waals surface area contributed by atoms with Crippen molar-refractivity contribution >= 4 is 17.4 Å². The number of imidazole rings is 1. The van der Waals surface area contributed by atoms with Gasteiger partial charge in [0.15, 0.2) is 17.2 Å². The summed E-state index contributed by atoms with van der Waals surface area (Å²) in [6.45, 7) is 1.45. The molecular formula is C16H16F6N4O. The van der Waals surface area contributed by atoms with Gasteiger partial charge in [0.25, 0.3) is 0 Å². The molecule has 1 fully saturated rings. The Labute approximate surface area is 149 Å². The molecule has 1 amide bonds. The molecule has 148 valence electrons. The van der Waals surface area contributed by atoms with E-state index in [1.54, 1.807) is 0 Å². The highest BCUT2D eigenvalue weighted by Gasteiger charge is 2.53. The Balaban J connectivity index is 2.06. The third-order valence-corrected chi connectivity index (χ3v) is 4.80. The highest BCUT2D eigenvalue weighted by molar-refractivity contribution is 5.95. The molecule has 2 heterocycles. The molecular weight excluding hydrogens is 378 g/mol. The second-order valence-electron chi connectivity index (χ2n) is 7.04. The summed E-state index contributed by atoms with van der Waals surface area (Å²) < 4.78 is 79.1. The van der Waals surface area contributed by atoms with Crippen molar-refractivity contribution in [1.29, 1.82) is 0 Å². The van der Waals surface area contributed by atoms with Gasteiger partial charge in [0.1, 0.15) is 5.41 Å². The van der Waals surface area contributed by atoms with E-state index in [0.29, 0.717) is 12.8 Å². The first-order valence-electron chi connectivity index (χ1n) is 8.17. The van der Waals surface area contributed by atoms with Gasteiger partial charge in [-0.1, -0.05) is 6.42 Å². The number of nitrogens with one attached hydrogen (secondary N) is 1. The summed E-state index contributed by atoms with van der Waals surface area (Å²) in [4.78, 5) is 16.2. The van der Waals surface area contributed by atoms with Crippen LogP contribution in [-0.4, -0.2) is 26.7 Å². The molecule has 2 aromatic rings. The van der Waals surface area contributed by atoms with Crippen LogP contribution in [0.3, 0.4) is 0 Å². The molecule has 0 atom stereocenters. The van der Waals surface area contributed by atoms with Crippen molar-refractivity contribution < 1.29 is 31.1 Å². The van der Waals surface area contributed by atoms with Crippen LogP contribution in [0.1, 0.15) is 50.4 Å². The fraction of sp³-hybridized carbons (Fsp3) is 0.562. The molecule has 1 N–H and O–H groups in total. The predicted octanol–water partition coefficient (Wildman–Crippen LogP) is 4.54. The molecule has 0 bridgehead atoms. The Hall–Kier alpha value is -2.33. The van der Waals surface area contributed by atoms with Crippen LogP contribution in [0.2, 0.25) is 0 Å². The monoisotopic (exact) mass is 394 g/mol. The van der Waals surface area contributed by atoms with Gasteiger partial charge < -0.3 is 5.32 Å². The zero-order chi connectivity index (χ0) is 20.2. The van der Waals surface area contributed by atoms with Crippen LogP contribution in [0.15, 0.2) is 12.1 Å². The maximum Gasteiger partial charge on any atom is 0.435 e. The molecule has 0 spiro atoms. The average Bonchev–Trinajstić information content (AvgIpc) is 2.81. The lowest BCUT2D eigenvalue weighted by Gasteiger charge is -2.28. The second kappa shape index (κ2) is 6.10. The van der Waals surface area contributed by atoms with Crippen LogP contribution >= 0.6 is 0 Å². The molecule has 0 radical (unpaired) electrons. The lowest BCUT2D eigenvalue weighted by atomic mass is 9.82. The first-order chi connectivity index (χ1) is 12.3. The second-order valence-corrected chi connectivity index (χ2v) is 7.04. The van der Waals surface area contributed by atoms with Gasteiger partial charge in [0.05, 0.1) is 5.69 Å². The van der Waals surface area contributed by atoms with E-state index in [1.165, 1.54) is 0 Å². The highest BCUT2D eigenvalue weighted by Crippen LogP contribution is 2.42. The fourth-order valence-electron chi connectivity index (χ4n) is 2.63. The first kappa shape index (κ1) is 19.4. The van der Waals surface area contributed by atoms with Crippen LogP contribution in [-0.2, 0) is 11.0 Å². The molecule has 0 aromatic carbocycles. The van der Waals surface area contributed by atoms with E-state index in [2.05, 4.69) is 15.4 Å². The molecule has 1 aliphatic carbocycles. The van der Waals surface area contributed by atoms with Gasteiger partial charge in [-0.05, 0) is 38.8 Å². The van der Waals surface area contributed by atoms with Crippen molar-refractivity contribution in [2.24, 2.45) is 5.41 Å². The number of aromatic nitrogens is 3. The van der Waals surface area contributed by atoms with E-state index in [4.69, 9.17) is 0 Å². The Kier molecular flexibility index (Phi) is 4.39. The molecule has 11 heteroatoms. The van der Waals surface area contributed by atoms with Crippen LogP contribution in [0.25, 0.3) is 5.65 Å². The van der Waals surface area contributed by atoms with Gasteiger partial charge in [-0.15, -0.1) is 0 Å². The number of carbonyl (C=O) groups excluding carboxylic acids is 1. The molecule has 1 saturated carbocycles. The zero-order valence-corrected chi connectivity index (χ0v) is 14.4. The van der Waals surface area contributed by atoms with Gasteiger partial charge in [-0.3, -0.25) is 4.79 Å². The third kappa shape index (κ3) is 3.34. The Morgan fingerprint density at radius 3 is 2.26 bits per heavy atom. The van der Waals surface area contributed by atoms with Gasteiger partial charge in [0.2, 0.25) is 5.91 Å². The zero-order valence-electron chi connectivity index (χ0n) is 14.4. The summed E-state index contributed by atoms with van der Waals surface area (Å²) in [7, 11) is 0. The van der Waals surface area contributed by atoms with Crippen LogP contribution in [0, 0.1) is 5.41 Å². The van der Waals surface area contributed by atoms with Crippen LogP contribution < -0.4 is 5.32 Å². The van der Waals surface area contributed by atoms with Crippen molar-refractivity contribution in [2.75, 3.05) is 5.32 Å². The topological polar surface area (TPSA) is 59.3 Å². The summed E-state index contributed by atoms with van der Waals surface area (Å²) in [5.41, 5.74) is -3.63. The first-order valence-corrected chi connectivity index (χ1v) is 8.17. The number of nitrogens with zero attached hydrogens (tertiary/aromatic N) is 3. The molecule has 0 unspecified atom stereocenters. The van der Waals surface area contributed by atoms with Crippen LogP contribution in [0.5, 0.6) is 0 Å². The van der Waals surface area contributed by atoms with E-state index < -0.39 is 29.4 Å². The molecule has 3 rings (SSSR count). The number of anilines is 1. The standard InChI is InChI=1S/C16H16F6N4O/c1-14(2,16(20,21)22)13(27)24-12-11(8-4-3-5-8)26-10(23-12)7-6-9(25-26)15(17,18)19/h6-8H,3-5H2,1-2H3,(H,24,27). The number of carbonyl (C=O) groups is 1. The molecule has 27 heavy (non-hydrogen) atoms. The van der Waals surface area contributed by atoms with Gasteiger partial charge in [-0.25, -0.2) is 9.50 Å². The number of halogens is 6. The average molecular weight is 394 g/mol. The summed E-state index contributed by atoms with van der Waals surface area (Å²) in [5.74, 6) is -1.76. The number of rotatable bonds is 3. The molecule has 5 nitrogen and oxygen atoms in total.